The Balaban J connectivity index is 3.19. The number of hydrogen-bond donors (Lipinski definition) is 0. The zero-order valence-corrected chi connectivity index (χ0v) is 9.21. The number of rotatable bonds is 2. The van der Waals surface area contributed by atoms with Gasteiger partial charge in [-0.3, -0.25) is 0 Å². The summed E-state index contributed by atoms with van der Waals surface area (Å²) in [5.74, 6) is -0.577. The molecule has 78 valence electrons. The van der Waals surface area contributed by atoms with Crippen LogP contribution in [0.25, 0.3) is 0 Å². The average Bonchev–Trinajstić information content (AvgIpc) is 2.27. The molecule has 3 nitrogen and oxygen atoms in total. The molecule has 15 heavy (non-hydrogen) atoms. The second kappa shape index (κ2) is 4.33. The van der Waals surface area contributed by atoms with Gasteiger partial charge in [-0.2, -0.15) is 5.26 Å². The highest BCUT2D eigenvalue weighted by Gasteiger charge is 2.36. The first-order valence-corrected chi connectivity index (χ1v) is 4.68. The van der Waals surface area contributed by atoms with E-state index in [0.717, 1.165) is 0 Å². The molecule has 1 unspecified atom stereocenters. The van der Waals surface area contributed by atoms with Crippen LogP contribution in [0.1, 0.15) is 12.5 Å². The van der Waals surface area contributed by atoms with Gasteiger partial charge in [-0.1, -0.05) is 23.7 Å². The van der Waals surface area contributed by atoms with Crippen LogP contribution in [0.3, 0.4) is 0 Å². The number of nitriles is 1. The molecule has 0 aliphatic heterocycles. The fraction of sp³-hybridized carbons (Fsp3) is 0.273. The van der Waals surface area contributed by atoms with Crippen LogP contribution in [0.15, 0.2) is 24.3 Å². The molecule has 0 spiro atoms. The maximum atomic E-state index is 11.5. The number of ether oxygens (including phenoxy) is 1. The zero-order valence-electron chi connectivity index (χ0n) is 8.45. The fourth-order valence-electron chi connectivity index (χ4n) is 1.22. The van der Waals surface area contributed by atoms with Crippen molar-refractivity contribution in [1.82, 2.24) is 0 Å². The summed E-state index contributed by atoms with van der Waals surface area (Å²) in [6.07, 6.45) is 0. The first kappa shape index (κ1) is 11.5. The minimum atomic E-state index is -1.28. The molecule has 0 bridgehead atoms. The van der Waals surface area contributed by atoms with E-state index in [-0.39, 0.29) is 0 Å². The largest absolute Gasteiger partial charge is 0.468 e. The number of methoxy groups -OCH3 is 1. The molecule has 1 aromatic carbocycles. The van der Waals surface area contributed by atoms with Gasteiger partial charge in [-0.15, -0.1) is 0 Å². The molecule has 0 fully saturated rings. The zero-order chi connectivity index (χ0) is 11.5. The lowest BCUT2D eigenvalue weighted by atomic mass is 9.84. The van der Waals surface area contributed by atoms with E-state index < -0.39 is 11.4 Å². The molecule has 0 aliphatic rings. The summed E-state index contributed by atoms with van der Waals surface area (Å²) in [7, 11) is 1.26. The van der Waals surface area contributed by atoms with E-state index in [4.69, 9.17) is 16.9 Å². The number of benzene rings is 1. The predicted molar refractivity (Wildman–Crippen MR) is 56.4 cm³/mol. The van der Waals surface area contributed by atoms with Crippen LogP contribution in [0.5, 0.6) is 0 Å². The van der Waals surface area contributed by atoms with Gasteiger partial charge in [-0.25, -0.2) is 4.79 Å². The van der Waals surface area contributed by atoms with Gasteiger partial charge in [0, 0.05) is 5.02 Å². The van der Waals surface area contributed by atoms with E-state index in [1.807, 2.05) is 6.07 Å². The maximum Gasteiger partial charge on any atom is 0.330 e. The van der Waals surface area contributed by atoms with Crippen molar-refractivity contribution in [2.45, 2.75) is 12.3 Å². The quantitative estimate of drug-likeness (QED) is 0.723. The summed E-state index contributed by atoms with van der Waals surface area (Å²) in [5, 5.41) is 9.58. The van der Waals surface area contributed by atoms with Gasteiger partial charge in [0.25, 0.3) is 0 Å². The number of nitrogens with zero attached hydrogens (tertiary/aromatic N) is 1. The number of hydrogen-bond acceptors (Lipinski definition) is 3. The van der Waals surface area contributed by atoms with E-state index in [1.165, 1.54) is 14.0 Å². The number of carbonyl (C=O) groups is 1. The lowest BCUT2D eigenvalue weighted by Gasteiger charge is -2.18. The molecular weight excluding hydrogens is 214 g/mol. The van der Waals surface area contributed by atoms with Crippen molar-refractivity contribution >= 4 is 17.6 Å². The SMILES string of the molecule is COC(=O)C(C)(C#N)c1ccc(Cl)cc1. The predicted octanol–water partition coefficient (Wildman–Crippen LogP) is 2.29. The summed E-state index contributed by atoms with van der Waals surface area (Å²) in [6.45, 7) is 1.52. The number of esters is 1. The Labute approximate surface area is 93.2 Å². The van der Waals surface area contributed by atoms with Crippen LogP contribution in [0, 0.1) is 11.3 Å². The van der Waals surface area contributed by atoms with Crippen LogP contribution in [0.4, 0.5) is 0 Å². The molecule has 1 aromatic rings. The van der Waals surface area contributed by atoms with Gasteiger partial charge in [0.15, 0.2) is 5.41 Å². The Kier molecular flexibility index (Phi) is 3.33. The van der Waals surface area contributed by atoms with Gasteiger partial charge >= 0.3 is 5.97 Å². The molecule has 0 radical (unpaired) electrons. The van der Waals surface area contributed by atoms with Crippen molar-refractivity contribution < 1.29 is 9.53 Å². The van der Waals surface area contributed by atoms with Crippen LogP contribution in [0.2, 0.25) is 5.02 Å². The summed E-state index contributed by atoms with van der Waals surface area (Å²) in [4.78, 5) is 11.5. The lowest BCUT2D eigenvalue weighted by molar-refractivity contribution is -0.144. The van der Waals surface area contributed by atoms with E-state index in [9.17, 15) is 4.79 Å². The van der Waals surface area contributed by atoms with Crippen molar-refractivity contribution in [2.75, 3.05) is 7.11 Å². The third-order valence-electron chi connectivity index (χ3n) is 2.24. The lowest BCUT2D eigenvalue weighted by Crippen LogP contribution is -2.31. The topological polar surface area (TPSA) is 50.1 Å². The van der Waals surface area contributed by atoms with Gasteiger partial charge in [0.2, 0.25) is 0 Å². The molecule has 0 heterocycles. The Bertz CT molecular complexity index is 408. The van der Waals surface area contributed by atoms with Crippen molar-refractivity contribution in [2.24, 2.45) is 0 Å². The maximum absolute atomic E-state index is 11.5. The van der Waals surface area contributed by atoms with Crippen LogP contribution in [-0.4, -0.2) is 13.1 Å². The highest BCUT2D eigenvalue weighted by molar-refractivity contribution is 6.30. The van der Waals surface area contributed by atoms with Crippen LogP contribution < -0.4 is 0 Å². The standard InChI is InChI=1S/C11H10ClNO2/c1-11(7-13,10(14)15-2)8-3-5-9(12)6-4-8/h3-6H,1-2H3. The van der Waals surface area contributed by atoms with E-state index in [2.05, 4.69) is 4.74 Å². The minimum absolute atomic E-state index is 0.559. The molecule has 1 rings (SSSR count). The van der Waals surface area contributed by atoms with Gasteiger partial charge in [0.05, 0.1) is 13.2 Å². The van der Waals surface area contributed by atoms with Crippen molar-refractivity contribution in [1.29, 1.82) is 5.26 Å². The van der Waals surface area contributed by atoms with Gasteiger partial charge < -0.3 is 4.74 Å². The molecule has 0 saturated heterocycles. The third-order valence-corrected chi connectivity index (χ3v) is 2.49. The smallest absolute Gasteiger partial charge is 0.330 e. The number of carbonyl (C=O) groups excluding carboxylic acids is 1. The normalized spacial score (nSPS) is 13.7. The Morgan fingerprint density at radius 1 is 1.47 bits per heavy atom. The fourth-order valence-corrected chi connectivity index (χ4v) is 1.34. The molecular formula is C11H10ClNO2. The van der Waals surface area contributed by atoms with Gasteiger partial charge in [0.1, 0.15) is 0 Å². The Hall–Kier alpha value is -1.53. The highest BCUT2D eigenvalue weighted by Crippen LogP contribution is 2.25. The van der Waals surface area contributed by atoms with Gasteiger partial charge in [-0.05, 0) is 24.6 Å². The van der Waals surface area contributed by atoms with E-state index in [0.29, 0.717) is 10.6 Å². The molecule has 0 aromatic heterocycles. The minimum Gasteiger partial charge on any atom is -0.468 e. The van der Waals surface area contributed by atoms with Crippen molar-refractivity contribution in [3.63, 3.8) is 0 Å². The highest BCUT2D eigenvalue weighted by atomic mass is 35.5. The van der Waals surface area contributed by atoms with Crippen LogP contribution in [-0.2, 0) is 14.9 Å². The molecule has 1 atom stereocenters. The summed E-state index contributed by atoms with van der Waals surface area (Å²) >= 11 is 5.72. The molecule has 0 N–H and O–H groups in total. The molecule has 0 amide bonds. The molecule has 0 aliphatic carbocycles. The van der Waals surface area contributed by atoms with Crippen LogP contribution >= 0.6 is 11.6 Å². The third kappa shape index (κ3) is 2.11. The monoisotopic (exact) mass is 223 g/mol. The summed E-state index contributed by atoms with van der Waals surface area (Å²) < 4.78 is 4.60. The summed E-state index contributed by atoms with van der Waals surface area (Å²) in [5.41, 5.74) is -0.708. The van der Waals surface area contributed by atoms with Crippen molar-refractivity contribution in [3.8, 4) is 6.07 Å². The first-order chi connectivity index (χ1) is 7.04. The Morgan fingerprint density at radius 2 is 2.00 bits per heavy atom. The van der Waals surface area contributed by atoms with Crippen molar-refractivity contribution in [3.05, 3.63) is 34.9 Å². The molecule has 4 heteroatoms. The number of halogens is 1. The summed E-state index contributed by atoms with van der Waals surface area (Å²) in [6, 6.07) is 8.50. The Morgan fingerprint density at radius 3 is 2.40 bits per heavy atom. The average molecular weight is 224 g/mol. The molecule has 0 saturated carbocycles. The van der Waals surface area contributed by atoms with E-state index >= 15 is 0 Å². The first-order valence-electron chi connectivity index (χ1n) is 4.30. The second-order valence-corrected chi connectivity index (χ2v) is 3.67. The van der Waals surface area contributed by atoms with E-state index in [1.54, 1.807) is 24.3 Å². The second-order valence-electron chi connectivity index (χ2n) is 3.24.